The average Bonchev–Trinajstić information content (AvgIpc) is 3.08. The second-order valence-electron chi connectivity index (χ2n) is 7.73. The van der Waals surface area contributed by atoms with E-state index in [1.54, 1.807) is 19.1 Å². The van der Waals surface area contributed by atoms with Crippen molar-refractivity contribution in [1.29, 1.82) is 0 Å². The Kier molecular flexibility index (Phi) is 5.79. The van der Waals surface area contributed by atoms with Crippen molar-refractivity contribution >= 4 is 40.1 Å². The molecule has 1 fully saturated rings. The summed E-state index contributed by atoms with van der Waals surface area (Å²) in [6.07, 6.45) is 3.75. The third kappa shape index (κ3) is 4.57. The summed E-state index contributed by atoms with van der Waals surface area (Å²) in [5.74, 6) is 0.814. The highest BCUT2D eigenvalue weighted by Gasteiger charge is 2.30. The minimum Gasteiger partial charge on any atom is -0.342 e. The Balaban J connectivity index is 1.55. The van der Waals surface area contributed by atoms with Crippen LogP contribution < -0.4 is 0 Å². The van der Waals surface area contributed by atoms with Crippen LogP contribution in [0.5, 0.6) is 0 Å². The molecule has 29 heavy (non-hydrogen) atoms. The number of carbonyl (C=O) groups is 1. The summed E-state index contributed by atoms with van der Waals surface area (Å²) in [7, 11) is 0. The van der Waals surface area contributed by atoms with Crippen molar-refractivity contribution in [3.63, 3.8) is 0 Å². The van der Waals surface area contributed by atoms with Crippen LogP contribution in [0.25, 0.3) is 11.0 Å². The number of halogens is 3. The zero-order valence-corrected chi connectivity index (χ0v) is 17.6. The molecule has 4 rings (SSSR count). The standard InChI is InChI=1S/C22H22Cl2FN3O/c1-13(29)28(12-14-7-16(23)10-17(24)8-14)19-4-2-3-15(9-19)22-26-20-6-5-18(25)11-21(20)27-22/h5-8,10-11,15,19H,2-4,9,12H2,1H3,(H,26,27). The molecular formula is C22H22Cl2FN3O. The Morgan fingerprint density at radius 2 is 1.97 bits per heavy atom. The Hall–Kier alpha value is -2.11. The Labute approximate surface area is 179 Å². The Morgan fingerprint density at radius 1 is 1.21 bits per heavy atom. The maximum absolute atomic E-state index is 13.5. The smallest absolute Gasteiger partial charge is 0.219 e. The number of nitrogens with one attached hydrogen (secondary N) is 1. The molecule has 0 aliphatic heterocycles. The highest BCUT2D eigenvalue weighted by Crippen LogP contribution is 2.35. The summed E-state index contributed by atoms with van der Waals surface area (Å²) < 4.78 is 13.5. The van der Waals surface area contributed by atoms with Gasteiger partial charge in [-0.3, -0.25) is 4.79 Å². The van der Waals surface area contributed by atoms with E-state index in [0.717, 1.165) is 42.6 Å². The number of carbonyl (C=O) groups excluding carboxylic acids is 1. The lowest BCUT2D eigenvalue weighted by Gasteiger charge is -2.36. The maximum atomic E-state index is 13.5. The summed E-state index contributed by atoms with van der Waals surface area (Å²) in [6, 6.07) is 10.1. The molecule has 2 unspecified atom stereocenters. The highest BCUT2D eigenvalue weighted by atomic mass is 35.5. The number of amides is 1. The zero-order chi connectivity index (χ0) is 20.5. The molecule has 7 heteroatoms. The van der Waals surface area contributed by atoms with Crippen molar-refractivity contribution < 1.29 is 9.18 Å². The summed E-state index contributed by atoms with van der Waals surface area (Å²) in [5.41, 5.74) is 2.39. The average molecular weight is 434 g/mol. The van der Waals surface area contributed by atoms with Gasteiger partial charge in [-0.1, -0.05) is 29.6 Å². The fraction of sp³-hybridized carbons (Fsp3) is 0.364. The van der Waals surface area contributed by atoms with Gasteiger partial charge >= 0.3 is 0 Å². The number of hydrogen-bond acceptors (Lipinski definition) is 2. The maximum Gasteiger partial charge on any atom is 0.219 e. The van der Waals surface area contributed by atoms with Gasteiger partial charge in [0.2, 0.25) is 5.91 Å². The van der Waals surface area contributed by atoms with Crippen LogP contribution in [0, 0.1) is 5.82 Å². The van der Waals surface area contributed by atoms with Gasteiger partial charge in [-0.25, -0.2) is 9.37 Å². The molecule has 4 nitrogen and oxygen atoms in total. The molecule has 1 heterocycles. The third-order valence-corrected chi connectivity index (χ3v) is 6.05. The topological polar surface area (TPSA) is 49.0 Å². The van der Waals surface area contributed by atoms with Gasteiger partial charge in [0.05, 0.1) is 11.0 Å². The number of nitrogens with zero attached hydrogens (tertiary/aromatic N) is 2. The third-order valence-electron chi connectivity index (χ3n) is 5.62. The lowest BCUT2D eigenvalue weighted by Crippen LogP contribution is -2.41. The van der Waals surface area contributed by atoms with Crippen LogP contribution in [0.4, 0.5) is 4.39 Å². The number of H-pyrrole nitrogens is 1. The van der Waals surface area contributed by atoms with Crippen molar-refractivity contribution in [1.82, 2.24) is 14.9 Å². The van der Waals surface area contributed by atoms with Gasteiger partial charge < -0.3 is 9.88 Å². The lowest BCUT2D eigenvalue weighted by atomic mass is 9.84. The Bertz CT molecular complexity index is 1030. The molecule has 2 aromatic carbocycles. The van der Waals surface area contributed by atoms with Crippen molar-refractivity contribution in [2.75, 3.05) is 0 Å². The number of imidazole rings is 1. The van der Waals surface area contributed by atoms with E-state index in [9.17, 15) is 9.18 Å². The van der Waals surface area contributed by atoms with Gasteiger partial charge in [-0.05, 0) is 61.2 Å². The summed E-state index contributed by atoms with van der Waals surface area (Å²) in [4.78, 5) is 22.3. The van der Waals surface area contributed by atoms with Gasteiger partial charge in [0.1, 0.15) is 11.6 Å². The fourth-order valence-electron chi connectivity index (χ4n) is 4.29. The number of aromatic nitrogens is 2. The summed E-state index contributed by atoms with van der Waals surface area (Å²) >= 11 is 12.2. The van der Waals surface area contributed by atoms with Crippen molar-refractivity contribution in [2.45, 2.75) is 51.1 Å². The van der Waals surface area contributed by atoms with E-state index in [4.69, 9.17) is 23.2 Å². The highest BCUT2D eigenvalue weighted by molar-refractivity contribution is 6.34. The second-order valence-corrected chi connectivity index (χ2v) is 8.60. The van der Waals surface area contributed by atoms with E-state index in [0.29, 0.717) is 22.1 Å². The molecule has 1 N–H and O–H groups in total. The normalized spacial score (nSPS) is 19.4. The number of benzene rings is 2. The molecule has 3 aromatic rings. The molecule has 1 amide bonds. The van der Waals surface area contributed by atoms with Crippen LogP contribution in [0.3, 0.4) is 0 Å². The first-order chi connectivity index (χ1) is 13.9. The first-order valence-corrected chi connectivity index (χ1v) is 10.5. The Morgan fingerprint density at radius 3 is 2.69 bits per heavy atom. The number of fused-ring (bicyclic) bond motifs is 1. The van der Waals surface area contributed by atoms with Crippen molar-refractivity contribution in [3.8, 4) is 0 Å². The van der Waals surface area contributed by atoms with Gasteiger partial charge in [-0.15, -0.1) is 0 Å². The first-order valence-electron chi connectivity index (χ1n) is 9.76. The predicted octanol–water partition coefficient (Wildman–Crippen LogP) is 6.08. The first kappa shape index (κ1) is 20.2. The van der Waals surface area contributed by atoms with Gasteiger partial charge in [-0.2, -0.15) is 0 Å². The van der Waals surface area contributed by atoms with Gasteiger partial charge in [0, 0.05) is 35.5 Å². The molecule has 1 aliphatic rings. The lowest BCUT2D eigenvalue weighted by molar-refractivity contribution is -0.132. The van der Waals surface area contributed by atoms with Crippen LogP contribution >= 0.6 is 23.2 Å². The van der Waals surface area contributed by atoms with E-state index in [1.807, 2.05) is 17.0 Å². The zero-order valence-electron chi connectivity index (χ0n) is 16.1. The fourth-order valence-corrected chi connectivity index (χ4v) is 4.86. The number of rotatable bonds is 4. The summed E-state index contributed by atoms with van der Waals surface area (Å²) in [6.45, 7) is 2.07. The molecule has 0 spiro atoms. The van der Waals surface area contributed by atoms with E-state index >= 15 is 0 Å². The molecule has 1 aromatic heterocycles. The SMILES string of the molecule is CC(=O)N(Cc1cc(Cl)cc(Cl)c1)C1CCCC(c2nc3ccc(F)cc3[nH]2)C1. The molecule has 2 atom stereocenters. The largest absolute Gasteiger partial charge is 0.342 e. The monoisotopic (exact) mass is 433 g/mol. The van der Waals surface area contributed by atoms with Gasteiger partial charge in [0.15, 0.2) is 0 Å². The predicted molar refractivity (Wildman–Crippen MR) is 114 cm³/mol. The van der Waals surface area contributed by atoms with Gasteiger partial charge in [0.25, 0.3) is 0 Å². The van der Waals surface area contributed by atoms with Crippen LogP contribution in [0.2, 0.25) is 10.0 Å². The van der Waals surface area contributed by atoms with Crippen LogP contribution in [0.1, 0.15) is 49.9 Å². The van der Waals surface area contributed by atoms with Crippen molar-refractivity contribution in [3.05, 3.63) is 63.6 Å². The minimum absolute atomic E-state index is 0.0263. The van der Waals surface area contributed by atoms with E-state index in [-0.39, 0.29) is 23.7 Å². The molecule has 0 radical (unpaired) electrons. The molecule has 152 valence electrons. The van der Waals surface area contributed by atoms with E-state index in [2.05, 4.69) is 9.97 Å². The summed E-state index contributed by atoms with van der Waals surface area (Å²) in [5, 5.41) is 1.12. The molecule has 1 saturated carbocycles. The molecule has 1 aliphatic carbocycles. The van der Waals surface area contributed by atoms with E-state index in [1.165, 1.54) is 12.1 Å². The van der Waals surface area contributed by atoms with Crippen LogP contribution in [0.15, 0.2) is 36.4 Å². The quantitative estimate of drug-likeness (QED) is 0.541. The minimum atomic E-state index is -0.280. The molecule has 0 saturated heterocycles. The van der Waals surface area contributed by atoms with Crippen LogP contribution in [-0.4, -0.2) is 26.8 Å². The number of aromatic amines is 1. The van der Waals surface area contributed by atoms with E-state index < -0.39 is 0 Å². The molecule has 0 bridgehead atoms. The van der Waals surface area contributed by atoms with Crippen LogP contribution in [-0.2, 0) is 11.3 Å². The molecular weight excluding hydrogens is 412 g/mol. The number of hydrogen-bond donors (Lipinski definition) is 1. The van der Waals surface area contributed by atoms with Crippen molar-refractivity contribution in [2.24, 2.45) is 0 Å². The second kappa shape index (κ2) is 8.33.